The van der Waals surface area contributed by atoms with Crippen LogP contribution in [0.2, 0.25) is 0 Å². The van der Waals surface area contributed by atoms with Crippen LogP contribution in [-0.4, -0.2) is 46.1 Å². The predicted molar refractivity (Wildman–Crippen MR) is 118 cm³/mol. The molecule has 1 heterocycles. The molecule has 6 nitrogen and oxygen atoms in total. The number of aryl methyl sites for hydroxylation is 1. The number of ether oxygens (including phenoxy) is 1. The van der Waals surface area contributed by atoms with Crippen LogP contribution < -0.4 is 4.74 Å². The van der Waals surface area contributed by atoms with Gasteiger partial charge in [-0.1, -0.05) is 28.8 Å². The molecule has 30 heavy (non-hydrogen) atoms. The number of amides is 1. The van der Waals surface area contributed by atoms with Crippen molar-refractivity contribution in [2.24, 2.45) is 7.05 Å². The number of carbonyl (C=O) groups is 1. The maximum atomic E-state index is 14.8. The molecule has 0 unspecified atom stereocenters. The number of rotatable bonds is 9. The molecular formula is C22H25BrFN3O3. The Labute approximate surface area is 183 Å². The molecule has 160 valence electrons. The van der Waals surface area contributed by atoms with Gasteiger partial charge in [0.1, 0.15) is 11.6 Å². The molecule has 0 saturated carbocycles. The largest absolute Gasteiger partial charge is 0.493 e. The minimum atomic E-state index is -0.907. The summed E-state index contributed by atoms with van der Waals surface area (Å²) in [6.07, 6.45) is 2.61. The zero-order valence-electron chi connectivity index (χ0n) is 17.1. The molecule has 0 saturated heterocycles. The molecule has 0 bridgehead atoms. The second-order valence-electron chi connectivity index (χ2n) is 7.24. The van der Waals surface area contributed by atoms with E-state index < -0.39 is 6.09 Å². The SMILES string of the molecule is CN(CCCCCCOc1ccc(-c2c3ccc(Br)cc3nn2C)c(F)c1)C(=O)O. The predicted octanol–water partition coefficient (Wildman–Crippen LogP) is 5.69. The Hall–Kier alpha value is -2.61. The smallest absolute Gasteiger partial charge is 0.407 e. The highest BCUT2D eigenvalue weighted by atomic mass is 79.9. The molecule has 2 aromatic carbocycles. The average Bonchev–Trinajstić information content (AvgIpc) is 3.01. The lowest BCUT2D eigenvalue weighted by atomic mass is 10.1. The average molecular weight is 478 g/mol. The van der Waals surface area contributed by atoms with E-state index in [1.54, 1.807) is 30.9 Å². The van der Waals surface area contributed by atoms with Crippen molar-refractivity contribution in [1.29, 1.82) is 0 Å². The number of carboxylic acid groups (broad SMARTS) is 1. The summed E-state index contributed by atoms with van der Waals surface area (Å²) >= 11 is 3.44. The molecule has 0 atom stereocenters. The van der Waals surface area contributed by atoms with E-state index in [1.807, 2.05) is 18.2 Å². The van der Waals surface area contributed by atoms with Crippen molar-refractivity contribution in [2.45, 2.75) is 25.7 Å². The molecule has 1 aromatic heterocycles. The van der Waals surface area contributed by atoms with E-state index in [1.165, 1.54) is 11.0 Å². The zero-order valence-corrected chi connectivity index (χ0v) is 18.7. The second-order valence-corrected chi connectivity index (χ2v) is 8.16. The van der Waals surface area contributed by atoms with Crippen LogP contribution >= 0.6 is 15.9 Å². The van der Waals surface area contributed by atoms with Gasteiger partial charge in [0.25, 0.3) is 0 Å². The fourth-order valence-corrected chi connectivity index (χ4v) is 3.71. The first kappa shape index (κ1) is 22.1. The molecule has 3 aromatic rings. The lowest BCUT2D eigenvalue weighted by molar-refractivity contribution is 0.155. The van der Waals surface area contributed by atoms with Crippen LogP contribution in [0.3, 0.4) is 0 Å². The molecule has 0 aliphatic rings. The zero-order chi connectivity index (χ0) is 21.7. The van der Waals surface area contributed by atoms with Gasteiger partial charge < -0.3 is 14.7 Å². The third-order valence-electron chi connectivity index (χ3n) is 4.98. The van der Waals surface area contributed by atoms with E-state index in [2.05, 4.69) is 21.0 Å². The lowest BCUT2D eigenvalue weighted by Gasteiger charge is -2.12. The van der Waals surface area contributed by atoms with Crippen LogP contribution in [0.15, 0.2) is 40.9 Å². The standard InChI is InChI=1S/C22H25BrFN3O3/c1-26(22(28)29)11-5-3-4-6-12-30-16-8-10-17(19(24)14-16)21-18-9-7-15(23)13-20(18)25-27(21)2/h7-10,13-14H,3-6,11-12H2,1-2H3,(H,28,29). The molecule has 0 fully saturated rings. The first-order valence-electron chi connectivity index (χ1n) is 9.86. The van der Waals surface area contributed by atoms with E-state index in [0.717, 1.165) is 46.8 Å². The van der Waals surface area contributed by atoms with E-state index in [0.29, 0.717) is 24.5 Å². The van der Waals surface area contributed by atoms with Crippen LogP contribution in [0.1, 0.15) is 25.7 Å². The number of hydrogen-bond donors (Lipinski definition) is 1. The summed E-state index contributed by atoms with van der Waals surface area (Å²) in [5.74, 6) is 0.146. The topological polar surface area (TPSA) is 67.6 Å². The number of benzene rings is 2. The third-order valence-corrected chi connectivity index (χ3v) is 5.47. The highest BCUT2D eigenvalue weighted by Crippen LogP contribution is 2.33. The van der Waals surface area contributed by atoms with Gasteiger partial charge in [0.05, 0.1) is 17.8 Å². The van der Waals surface area contributed by atoms with Crippen LogP contribution in [-0.2, 0) is 7.05 Å². The Morgan fingerprint density at radius 1 is 1.20 bits per heavy atom. The molecule has 8 heteroatoms. The summed E-state index contributed by atoms with van der Waals surface area (Å²) in [5.41, 5.74) is 2.02. The minimum absolute atomic E-state index is 0.350. The summed E-state index contributed by atoms with van der Waals surface area (Å²) in [6, 6.07) is 10.7. The van der Waals surface area contributed by atoms with E-state index in [9.17, 15) is 9.18 Å². The first-order chi connectivity index (χ1) is 14.4. The van der Waals surface area contributed by atoms with Gasteiger partial charge in [-0.3, -0.25) is 4.68 Å². The van der Waals surface area contributed by atoms with Gasteiger partial charge in [-0.2, -0.15) is 5.10 Å². The third kappa shape index (κ3) is 5.30. The number of unbranched alkanes of at least 4 members (excludes halogenated alkanes) is 3. The first-order valence-corrected chi connectivity index (χ1v) is 10.6. The maximum absolute atomic E-state index is 14.8. The van der Waals surface area contributed by atoms with Crippen molar-refractivity contribution >= 4 is 32.9 Å². The fraction of sp³-hybridized carbons (Fsp3) is 0.364. The van der Waals surface area contributed by atoms with Gasteiger partial charge in [0.2, 0.25) is 0 Å². The van der Waals surface area contributed by atoms with Gasteiger partial charge in [0, 0.05) is 42.1 Å². The van der Waals surface area contributed by atoms with Gasteiger partial charge in [0.15, 0.2) is 0 Å². The van der Waals surface area contributed by atoms with Crippen LogP contribution in [0.25, 0.3) is 22.2 Å². The number of aromatic nitrogens is 2. The Morgan fingerprint density at radius 2 is 1.97 bits per heavy atom. The van der Waals surface area contributed by atoms with Crippen molar-refractivity contribution in [3.8, 4) is 17.0 Å². The van der Waals surface area contributed by atoms with Crippen LogP contribution in [0.4, 0.5) is 9.18 Å². The molecule has 0 spiro atoms. The molecular weight excluding hydrogens is 453 g/mol. The van der Waals surface area contributed by atoms with Crippen molar-refractivity contribution in [3.63, 3.8) is 0 Å². The normalized spacial score (nSPS) is 11.1. The summed E-state index contributed by atoms with van der Waals surface area (Å²) in [6.45, 7) is 1.03. The van der Waals surface area contributed by atoms with Gasteiger partial charge in [-0.15, -0.1) is 0 Å². The molecule has 0 aliphatic heterocycles. The summed E-state index contributed by atoms with van der Waals surface area (Å²) < 4.78 is 23.1. The Balaban J connectivity index is 1.55. The monoisotopic (exact) mass is 477 g/mol. The quantitative estimate of drug-likeness (QED) is 0.401. The van der Waals surface area contributed by atoms with Gasteiger partial charge in [-0.05, 0) is 43.2 Å². The van der Waals surface area contributed by atoms with Crippen molar-refractivity contribution < 1.29 is 19.0 Å². The van der Waals surface area contributed by atoms with Gasteiger partial charge >= 0.3 is 6.09 Å². The highest BCUT2D eigenvalue weighted by molar-refractivity contribution is 9.10. The maximum Gasteiger partial charge on any atom is 0.407 e. The second kappa shape index (κ2) is 9.93. The summed E-state index contributed by atoms with van der Waals surface area (Å²) in [4.78, 5) is 12.0. The van der Waals surface area contributed by atoms with Crippen molar-refractivity contribution in [3.05, 3.63) is 46.7 Å². The van der Waals surface area contributed by atoms with Crippen LogP contribution in [0.5, 0.6) is 5.75 Å². The van der Waals surface area contributed by atoms with E-state index in [-0.39, 0.29) is 5.82 Å². The number of halogens is 2. The summed E-state index contributed by atoms with van der Waals surface area (Å²) in [5, 5.41) is 14.2. The lowest BCUT2D eigenvalue weighted by Crippen LogP contribution is -2.25. The molecule has 0 aliphatic carbocycles. The number of hydrogen-bond acceptors (Lipinski definition) is 3. The number of fused-ring (bicyclic) bond motifs is 1. The Morgan fingerprint density at radius 3 is 2.70 bits per heavy atom. The minimum Gasteiger partial charge on any atom is -0.493 e. The Kier molecular flexibility index (Phi) is 7.31. The van der Waals surface area contributed by atoms with E-state index >= 15 is 0 Å². The van der Waals surface area contributed by atoms with E-state index in [4.69, 9.17) is 9.84 Å². The molecule has 1 N–H and O–H groups in total. The van der Waals surface area contributed by atoms with Crippen molar-refractivity contribution in [1.82, 2.24) is 14.7 Å². The van der Waals surface area contributed by atoms with Crippen molar-refractivity contribution in [2.75, 3.05) is 20.2 Å². The summed E-state index contributed by atoms with van der Waals surface area (Å²) in [7, 11) is 3.37. The van der Waals surface area contributed by atoms with Gasteiger partial charge in [-0.25, -0.2) is 9.18 Å². The molecule has 0 radical (unpaired) electrons. The highest BCUT2D eigenvalue weighted by Gasteiger charge is 2.15. The fourth-order valence-electron chi connectivity index (χ4n) is 3.36. The molecule has 3 rings (SSSR count). The van der Waals surface area contributed by atoms with Crippen LogP contribution in [0, 0.1) is 5.82 Å². The molecule has 1 amide bonds. The number of nitrogens with zero attached hydrogens (tertiary/aromatic N) is 3. The Bertz CT molecular complexity index is 1040.